The summed E-state index contributed by atoms with van der Waals surface area (Å²) in [6, 6.07) is 23.5. The highest BCUT2D eigenvalue weighted by Crippen LogP contribution is 2.10. The first-order chi connectivity index (χ1) is 16.1. The van der Waals surface area contributed by atoms with Crippen LogP contribution in [0.1, 0.15) is 11.1 Å². The van der Waals surface area contributed by atoms with Crippen LogP contribution in [-0.4, -0.2) is 39.1 Å². The number of carbonyl (C=O) groups is 3. The standard InChI is InChI=1S/C24H21N5O4/c30-22(26-24(32)33-16-18-11-5-2-6-12-18)20(15-17-9-3-1-4-10-17)25-23(31)29-21-14-8-7-13-19(21)27-28-29/h1-14,20H,15-16H2,(H,25,31)(H,26,30,32)/t20-/m0/s1. The van der Waals surface area contributed by atoms with Crippen LogP contribution in [0.4, 0.5) is 9.59 Å². The minimum absolute atomic E-state index is 0.0145. The van der Waals surface area contributed by atoms with E-state index in [1.165, 1.54) is 0 Å². The number of aromatic nitrogens is 3. The number of ether oxygens (including phenoxy) is 1. The molecule has 0 aliphatic carbocycles. The number of para-hydroxylation sites is 1. The van der Waals surface area contributed by atoms with Gasteiger partial charge in [0.05, 0.1) is 5.52 Å². The Kier molecular flexibility index (Phi) is 6.70. The Morgan fingerprint density at radius 3 is 2.21 bits per heavy atom. The van der Waals surface area contributed by atoms with Gasteiger partial charge in [0.15, 0.2) is 0 Å². The van der Waals surface area contributed by atoms with Crippen molar-refractivity contribution in [1.29, 1.82) is 0 Å². The lowest BCUT2D eigenvalue weighted by Crippen LogP contribution is -2.50. The van der Waals surface area contributed by atoms with Crippen LogP contribution in [0.2, 0.25) is 0 Å². The molecule has 3 aromatic carbocycles. The predicted molar refractivity (Wildman–Crippen MR) is 120 cm³/mol. The Bertz CT molecular complexity index is 1260. The maximum Gasteiger partial charge on any atom is 0.414 e. The van der Waals surface area contributed by atoms with E-state index in [1.54, 1.807) is 36.4 Å². The van der Waals surface area contributed by atoms with E-state index in [-0.39, 0.29) is 13.0 Å². The molecule has 3 amide bonds. The van der Waals surface area contributed by atoms with Gasteiger partial charge in [0.25, 0.3) is 5.91 Å². The minimum Gasteiger partial charge on any atom is -0.444 e. The lowest BCUT2D eigenvalue weighted by Gasteiger charge is -2.18. The lowest BCUT2D eigenvalue weighted by molar-refractivity contribution is -0.122. The highest BCUT2D eigenvalue weighted by atomic mass is 16.5. The molecule has 166 valence electrons. The average Bonchev–Trinajstić information content (AvgIpc) is 3.28. The summed E-state index contributed by atoms with van der Waals surface area (Å²) in [7, 11) is 0. The van der Waals surface area contributed by atoms with Crippen molar-refractivity contribution >= 4 is 29.1 Å². The summed E-state index contributed by atoms with van der Waals surface area (Å²) in [5, 5.41) is 12.7. The number of hydrogen-bond acceptors (Lipinski definition) is 6. The molecule has 0 spiro atoms. The Morgan fingerprint density at radius 1 is 0.848 bits per heavy atom. The number of benzene rings is 3. The second-order valence-corrected chi connectivity index (χ2v) is 7.23. The third-order valence-corrected chi connectivity index (χ3v) is 4.88. The van der Waals surface area contributed by atoms with Crippen molar-refractivity contribution in [2.75, 3.05) is 0 Å². The maximum atomic E-state index is 12.9. The first-order valence-electron chi connectivity index (χ1n) is 10.3. The number of alkyl carbamates (subject to hydrolysis) is 1. The smallest absolute Gasteiger partial charge is 0.414 e. The first-order valence-corrected chi connectivity index (χ1v) is 10.3. The average molecular weight is 443 g/mol. The van der Waals surface area contributed by atoms with Gasteiger partial charge in [0.2, 0.25) is 0 Å². The molecule has 0 aliphatic rings. The predicted octanol–water partition coefficient (Wildman–Crippen LogP) is 3.05. The fourth-order valence-electron chi connectivity index (χ4n) is 3.24. The molecule has 0 saturated carbocycles. The second kappa shape index (κ2) is 10.2. The van der Waals surface area contributed by atoms with Gasteiger partial charge in [-0.1, -0.05) is 78.0 Å². The fourth-order valence-corrected chi connectivity index (χ4v) is 3.24. The van der Waals surface area contributed by atoms with Gasteiger partial charge in [-0.2, -0.15) is 4.68 Å². The summed E-state index contributed by atoms with van der Waals surface area (Å²) in [6.07, 6.45) is -0.737. The van der Waals surface area contributed by atoms with Crippen molar-refractivity contribution in [2.45, 2.75) is 19.1 Å². The second-order valence-electron chi connectivity index (χ2n) is 7.23. The maximum absolute atomic E-state index is 12.9. The summed E-state index contributed by atoms with van der Waals surface area (Å²) >= 11 is 0. The van der Waals surface area contributed by atoms with Crippen molar-refractivity contribution < 1.29 is 19.1 Å². The van der Waals surface area contributed by atoms with Crippen LogP contribution >= 0.6 is 0 Å². The SMILES string of the molecule is O=C(NC(=O)[C@H](Cc1ccccc1)NC(=O)n1nnc2ccccc21)OCc1ccccc1. The van der Waals surface area contributed by atoms with Crippen molar-refractivity contribution in [1.82, 2.24) is 25.6 Å². The van der Waals surface area contributed by atoms with Crippen LogP contribution in [0.3, 0.4) is 0 Å². The zero-order chi connectivity index (χ0) is 23.0. The van der Waals surface area contributed by atoms with Crippen molar-refractivity contribution in [3.63, 3.8) is 0 Å². The number of rotatable bonds is 6. The molecule has 4 rings (SSSR count). The molecule has 0 fully saturated rings. The molecule has 0 saturated heterocycles. The van der Waals surface area contributed by atoms with Gasteiger partial charge in [-0.15, -0.1) is 5.10 Å². The van der Waals surface area contributed by atoms with Gasteiger partial charge in [-0.25, -0.2) is 9.59 Å². The van der Waals surface area contributed by atoms with E-state index >= 15 is 0 Å². The normalized spacial score (nSPS) is 11.5. The third kappa shape index (κ3) is 5.59. The molecule has 1 heterocycles. The minimum atomic E-state index is -1.05. The summed E-state index contributed by atoms with van der Waals surface area (Å²) in [5.41, 5.74) is 2.63. The van der Waals surface area contributed by atoms with E-state index in [0.717, 1.165) is 15.8 Å². The van der Waals surface area contributed by atoms with E-state index in [9.17, 15) is 14.4 Å². The lowest BCUT2D eigenvalue weighted by atomic mass is 10.1. The monoisotopic (exact) mass is 443 g/mol. The quantitative estimate of drug-likeness (QED) is 0.473. The molecular formula is C24H21N5O4. The molecule has 2 N–H and O–H groups in total. The van der Waals surface area contributed by atoms with Gasteiger partial charge < -0.3 is 10.1 Å². The van der Waals surface area contributed by atoms with E-state index < -0.39 is 24.1 Å². The number of fused-ring (bicyclic) bond motifs is 1. The topological polar surface area (TPSA) is 115 Å². The molecule has 9 heteroatoms. The Hall–Kier alpha value is -4.53. The molecule has 0 unspecified atom stereocenters. The highest BCUT2D eigenvalue weighted by molar-refractivity contribution is 5.97. The van der Waals surface area contributed by atoms with Crippen LogP contribution in [0, 0.1) is 0 Å². The molecule has 1 aromatic heterocycles. The molecule has 0 aliphatic heterocycles. The van der Waals surface area contributed by atoms with Crippen LogP contribution in [0.15, 0.2) is 84.9 Å². The summed E-state index contributed by atoms with van der Waals surface area (Å²) in [5.74, 6) is -0.699. The number of nitrogens with zero attached hydrogens (tertiary/aromatic N) is 3. The van der Waals surface area contributed by atoms with E-state index in [1.807, 2.05) is 48.5 Å². The highest BCUT2D eigenvalue weighted by Gasteiger charge is 2.25. The van der Waals surface area contributed by atoms with E-state index in [2.05, 4.69) is 20.9 Å². The van der Waals surface area contributed by atoms with Crippen LogP contribution in [0.5, 0.6) is 0 Å². The Balaban J connectivity index is 1.46. The molecule has 9 nitrogen and oxygen atoms in total. The van der Waals surface area contributed by atoms with Gasteiger partial charge in [-0.05, 0) is 23.3 Å². The molecule has 0 bridgehead atoms. The number of hydrogen-bond donors (Lipinski definition) is 2. The molecular weight excluding hydrogens is 422 g/mol. The summed E-state index contributed by atoms with van der Waals surface area (Å²) in [6.45, 7) is 0.0145. The largest absolute Gasteiger partial charge is 0.444 e. The first kappa shape index (κ1) is 21.7. The zero-order valence-electron chi connectivity index (χ0n) is 17.5. The van der Waals surface area contributed by atoms with Crippen molar-refractivity contribution in [2.24, 2.45) is 0 Å². The molecule has 33 heavy (non-hydrogen) atoms. The number of amides is 3. The van der Waals surface area contributed by atoms with Gasteiger partial charge in [-0.3, -0.25) is 10.1 Å². The van der Waals surface area contributed by atoms with Crippen molar-refractivity contribution in [3.05, 3.63) is 96.1 Å². The van der Waals surface area contributed by atoms with Crippen LogP contribution in [-0.2, 0) is 22.6 Å². The van der Waals surface area contributed by atoms with Gasteiger partial charge >= 0.3 is 12.1 Å². The Morgan fingerprint density at radius 2 is 1.48 bits per heavy atom. The van der Waals surface area contributed by atoms with Crippen LogP contribution in [0.25, 0.3) is 11.0 Å². The number of carbonyl (C=O) groups excluding carboxylic acids is 3. The van der Waals surface area contributed by atoms with Crippen molar-refractivity contribution in [3.8, 4) is 0 Å². The van der Waals surface area contributed by atoms with E-state index in [4.69, 9.17) is 4.74 Å². The van der Waals surface area contributed by atoms with Gasteiger partial charge in [0.1, 0.15) is 18.2 Å². The molecule has 1 atom stereocenters. The molecule has 0 radical (unpaired) electrons. The Labute approximate surface area is 189 Å². The fraction of sp³-hybridized carbons (Fsp3) is 0.125. The number of nitrogens with one attached hydrogen (secondary N) is 2. The summed E-state index contributed by atoms with van der Waals surface area (Å²) in [4.78, 5) is 37.9. The zero-order valence-corrected chi connectivity index (χ0v) is 17.5. The molecule has 4 aromatic rings. The van der Waals surface area contributed by atoms with E-state index in [0.29, 0.717) is 11.0 Å². The summed E-state index contributed by atoms with van der Waals surface area (Å²) < 4.78 is 6.20. The third-order valence-electron chi connectivity index (χ3n) is 4.88. The van der Waals surface area contributed by atoms with Crippen LogP contribution < -0.4 is 10.6 Å². The number of imide groups is 1. The van der Waals surface area contributed by atoms with Gasteiger partial charge in [0, 0.05) is 6.42 Å².